The molecule has 4 aromatic rings. The van der Waals surface area contributed by atoms with Crippen molar-refractivity contribution in [2.45, 2.75) is 23.9 Å². The van der Waals surface area contributed by atoms with Gasteiger partial charge in [-0.25, -0.2) is 36.5 Å². The Morgan fingerprint density at radius 3 is 2.58 bits per heavy atom. The predicted molar refractivity (Wildman–Crippen MR) is 126 cm³/mol. The summed E-state index contributed by atoms with van der Waals surface area (Å²) in [5, 5.41) is 5.41. The lowest BCUT2D eigenvalue weighted by atomic mass is 10.1. The van der Waals surface area contributed by atoms with Gasteiger partial charge < -0.3 is 20.2 Å². The van der Waals surface area contributed by atoms with Gasteiger partial charge in [0.2, 0.25) is 5.91 Å². The van der Waals surface area contributed by atoms with E-state index in [1.165, 1.54) is 18.2 Å². The molecule has 1 aliphatic carbocycles. The van der Waals surface area contributed by atoms with Crippen LogP contribution in [0.1, 0.15) is 18.7 Å². The number of amides is 1. The molecule has 1 saturated carbocycles. The zero-order valence-corrected chi connectivity index (χ0v) is 19.8. The molecule has 0 spiro atoms. The largest absolute Gasteiger partial charge is 0.353 e. The molecule has 14 heteroatoms. The third-order valence-corrected chi connectivity index (χ3v) is 6.77. The van der Waals surface area contributed by atoms with Crippen LogP contribution >= 0.6 is 0 Å². The molecule has 3 aromatic heterocycles. The Hall–Kier alpha value is -3.94. The summed E-state index contributed by atoms with van der Waals surface area (Å²) < 4.78 is 66.9. The topological polar surface area (TPSA) is 135 Å². The van der Waals surface area contributed by atoms with Crippen LogP contribution in [0.4, 0.5) is 30.4 Å². The van der Waals surface area contributed by atoms with Crippen molar-refractivity contribution in [3.8, 4) is 11.3 Å². The number of imidazole rings is 2. The normalized spacial score (nSPS) is 17.5. The number of aromatic amines is 1. The number of alkyl halides is 3. The van der Waals surface area contributed by atoms with E-state index in [0.717, 1.165) is 6.26 Å². The van der Waals surface area contributed by atoms with Crippen LogP contribution in [0.15, 0.2) is 41.7 Å². The summed E-state index contributed by atoms with van der Waals surface area (Å²) in [6, 6.07) is 5.97. The second-order valence-electron chi connectivity index (χ2n) is 8.56. The van der Waals surface area contributed by atoms with E-state index in [-0.39, 0.29) is 39.7 Å². The van der Waals surface area contributed by atoms with Gasteiger partial charge in [0.25, 0.3) is 6.43 Å². The minimum Gasteiger partial charge on any atom is -0.353 e. The number of nitrogens with zero attached hydrogens (tertiary/aromatic N) is 4. The molecule has 1 fully saturated rings. The summed E-state index contributed by atoms with van der Waals surface area (Å²) in [6.07, 6.45) is 0.283. The van der Waals surface area contributed by atoms with Gasteiger partial charge in [-0.05, 0) is 18.6 Å². The number of pyridine rings is 1. The fourth-order valence-electron chi connectivity index (χ4n) is 3.72. The van der Waals surface area contributed by atoms with Crippen LogP contribution in [-0.4, -0.2) is 51.3 Å². The molecule has 1 amide bonds. The molecule has 3 N–H and O–H groups in total. The van der Waals surface area contributed by atoms with Gasteiger partial charge in [0, 0.05) is 31.1 Å². The van der Waals surface area contributed by atoms with Gasteiger partial charge in [0.1, 0.15) is 17.5 Å². The number of aromatic nitrogens is 5. The number of hydrogen-bond donors (Lipinski definition) is 3. The number of carbonyl (C=O) groups is 1. The average Bonchev–Trinajstić information content (AvgIpc) is 3.17. The van der Waals surface area contributed by atoms with Crippen molar-refractivity contribution in [3.05, 3.63) is 42.6 Å². The van der Waals surface area contributed by atoms with Crippen molar-refractivity contribution in [2.24, 2.45) is 13.0 Å². The van der Waals surface area contributed by atoms with Gasteiger partial charge >= 0.3 is 0 Å². The van der Waals surface area contributed by atoms with Crippen molar-refractivity contribution in [1.29, 1.82) is 0 Å². The molecule has 0 aliphatic heterocycles. The highest BCUT2D eigenvalue weighted by Crippen LogP contribution is 2.36. The van der Waals surface area contributed by atoms with Crippen LogP contribution in [0.3, 0.4) is 0 Å². The number of rotatable bonds is 7. The lowest BCUT2D eigenvalue weighted by Crippen LogP contribution is -2.16. The van der Waals surface area contributed by atoms with Crippen molar-refractivity contribution < 1.29 is 26.4 Å². The summed E-state index contributed by atoms with van der Waals surface area (Å²) in [6.45, 7) is 0. The second kappa shape index (κ2) is 8.62. The van der Waals surface area contributed by atoms with E-state index in [1.54, 1.807) is 30.2 Å². The number of anilines is 3. The number of fused-ring (bicyclic) bond motifs is 1. The molecule has 1 aliphatic rings. The van der Waals surface area contributed by atoms with Crippen molar-refractivity contribution >= 4 is 44.1 Å². The van der Waals surface area contributed by atoms with E-state index in [4.69, 9.17) is 0 Å². The lowest BCUT2D eigenvalue weighted by molar-refractivity contribution is -0.117. The average molecular weight is 520 g/mol. The molecule has 0 saturated heterocycles. The first-order valence-electron chi connectivity index (χ1n) is 10.7. The van der Waals surface area contributed by atoms with E-state index < -0.39 is 40.1 Å². The number of carbonyl (C=O) groups excluding carboxylic acids is 1. The lowest BCUT2D eigenvalue weighted by Gasteiger charge is -2.14. The van der Waals surface area contributed by atoms with Gasteiger partial charge in [-0.1, -0.05) is 6.07 Å². The molecular weight excluding hydrogens is 499 g/mol. The Labute approximate surface area is 202 Å². The quantitative estimate of drug-likeness (QED) is 0.339. The predicted octanol–water partition coefficient (Wildman–Crippen LogP) is 3.74. The summed E-state index contributed by atoms with van der Waals surface area (Å²) in [4.78, 5) is 26.7. The van der Waals surface area contributed by atoms with E-state index >= 15 is 0 Å². The summed E-state index contributed by atoms with van der Waals surface area (Å²) in [7, 11) is -1.97. The number of nitrogens with one attached hydrogen (secondary N) is 3. The van der Waals surface area contributed by atoms with E-state index in [2.05, 4.69) is 30.6 Å². The third-order valence-electron chi connectivity index (χ3n) is 5.64. The first-order chi connectivity index (χ1) is 17.0. The van der Waals surface area contributed by atoms with Crippen molar-refractivity contribution in [1.82, 2.24) is 24.5 Å². The van der Waals surface area contributed by atoms with Crippen molar-refractivity contribution in [2.75, 3.05) is 16.9 Å². The fraction of sp³-hybridized carbons (Fsp3) is 0.273. The second-order valence-corrected chi connectivity index (χ2v) is 10.5. The highest BCUT2D eigenvalue weighted by molar-refractivity contribution is 7.90. The maximum atomic E-state index is 13.3. The smallest absolute Gasteiger partial charge is 0.295 e. The standard InChI is InChI=1S/C22H20F3N7O3S/c1-32-8-15(26-9-32)10-3-4-13(16(5-10)36(2,34)35)27-14-7-17(29-22(33)11-6-12(11)23)28-20-18(14)30-21(31-20)19(24)25/h3-5,7-9,11-12,19H,6H2,1-2H3,(H3,27,28,29,30,31,33). The molecule has 0 radical (unpaired) electrons. The molecule has 36 heavy (non-hydrogen) atoms. The SMILES string of the molecule is Cn1cnc(-c2ccc(Nc3cc(NC(=O)C4CC4F)nc4nc(C(F)F)[nH]c34)c(S(C)(=O)=O)c2)c1. The Morgan fingerprint density at radius 2 is 1.97 bits per heavy atom. The summed E-state index contributed by atoms with van der Waals surface area (Å²) >= 11 is 0. The molecule has 10 nitrogen and oxygen atoms in total. The number of halogens is 3. The third kappa shape index (κ3) is 4.63. The molecular formula is C22H20F3N7O3S. The van der Waals surface area contributed by atoms with E-state index in [1.807, 2.05) is 0 Å². The monoisotopic (exact) mass is 519 g/mol. The summed E-state index contributed by atoms with van der Waals surface area (Å²) in [5.74, 6) is -2.09. The molecule has 5 rings (SSSR count). The molecule has 2 atom stereocenters. The maximum Gasteiger partial charge on any atom is 0.295 e. The molecule has 3 heterocycles. The summed E-state index contributed by atoms with van der Waals surface area (Å²) in [5.41, 5.74) is 1.35. The van der Waals surface area contributed by atoms with Gasteiger partial charge in [-0.2, -0.15) is 0 Å². The van der Waals surface area contributed by atoms with Gasteiger partial charge in [0.05, 0.1) is 34.2 Å². The first kappa shape index (κ1) is 23.8. The fourth-order valence-corrected chi connectivity index (χ4v) is 4.58. The Morgan fingerprint density at radius 1 is 1.22 bits per heavy atom. The molecule has 2 unspecified atom stereocenters. The number of aryl methyl sites for hydroxylation is 1. The Balaban J connectivity index is 1.58. The van der Waals surface area contributed by atoms with E-state index in [9.17, 15) is 26.4 Å². The molecule has 1 aromatic carbocycles. The van der Waals surface area contributed by atoms with Gasteiger partial charge in [-0.3, -0.25) is 4.79 Å². The molecule has 0 bridgehead atoms. The number of H-pyrrole nitrogens is 1. The van der Waals surface area contributed by atoms with Crippen LogP contribution in [0.25, 0.3) is 22.4 Å². The first-order valence-corrected chi connectivity index (χ1v) is 12.6. The van der Waals surface area contributed by atoms with Gasteiger partial charge in [-0.15, -0.1) is 0 Å². The molecule has 188 valence electrons. The number of hydrogen-bond acceptors (Lipinski definition) is 7. The van der Waals surface area contributed by atoms with Crippen LogP contribution in [0, 0.1) is 5.92 Å². The zero-order chi connectivity index (χ0) is 25.8. The van der Waals surface area contributed by atoms with Crippen molar-refractivity contribution in [3.63, 3.8) is 0 Å². The minimum atomic E-state index is -3.75. The number of benzene rings is 1. The maximum absolute atomic E-state index is 13.3. The van der Waals surface area contributed by atoms with Crippen LogP contribution in [0.2, 0.25) is 0 Å². The van der Waals surface area contributed by atoms with Gasteiger partial charge in [0.15, 0.2) is 21.3 Å². The number of sulfone groups is 1. The van der Waals surface area contributed by atoms with E-state index in [0.29, 0.717) is 11.3 Å². The highest BCUT2D eigenvalue weighted by atomic mass is 32.2. The van der Waals surface area contributed by atoms with Crippen LogP contribution in [-0.2, 0) is 21.7 Å². The Bertz CT molecular complexity index is 1600. The minimum absolute atomic E-state index is 0.0487. The highest BCUT2D eigenvalue weighted by Gasteiger charge is 2.43. The van der Waals surface area contributed by atoms with Crippen LogP contribution < -0.4 is 10.6 Å². The Kier molecular flexibility index (Phi) is 5.70. The zero-order valence-electron chi connectivity index (χ0n) is 19.0. The van der Waals surface area contributed by atoms with Crippen LogP contribution in [0.5, 0.6) is 0 Å².